The Balaban J connectivity index is 2.32. The molecule has 0 heterocycles. The minimum Gasteiger partial charge on any atom is -0.506 e. The molecular weight excluding hydrogens is 420 g/mol. The molecular formula is C22H30N2O6S. The number of phenolic OH excluding ortho intramolecular Hbond substituents is 1. The van der Waals surface area contributed by atoms with E-state index in [1.54, 1.807) is 44.4 Å². The SMILES string of the molecule is COCC(C)CN(c1ccc(CCC(C)NC(=O)O)cc1O)S(=O)(=O)c1ccccc1. The monoisotopic (exact) mass is 450 g/mol. The maximum absolute atomic E-state index is 13.3. The maximum atomic E-state index is 13.3. The van der Waals surface area contributed by atoms with Crippen molar-refractivity contribution in [2.75, 3.05) is 24.6 Å². The van der Waals surface area contributed by atoms with Crippen LogP contribution in [0.5, 0.6) is 5.75 Å². The molecule has 0 fully saturated rings. The summed E-state index contributed by atoms with van der Waals surface area (Å²) in [6.45, 7) is 4.14. The summed E-state index contributed by atoms with van der Waals surface area (Å²) in [6.07, 6.45) is -0.0133. The highest BCUT2D eigenvalue weighted by atomic mass is 32.2. The summed E-state index contributed by atoms with van der Waals surface area (Å²) in [6, 6.07) is 12.7. The van der Waals surface area contributed by atoms with E-state index in [4.69, 9.17) is 9.84 Å². The number of methoxy groups -OCH3 is 1. The normalized spacial score (nSPS) is 13.4. The average molecular weight is 451 g/mol. The van der Waals surface area contributed by atoms with Gasteiger partial charge in [-0.05, 0) is 55.5 Å². The molecule has 0 bridgehead atoms. The number of nitrogens with one attached hydrogen (secondary N) is 1. The van der Waals surface area contributed by atoms with Crippen LogP contribution >= 0.6 is 0 Å². The Morgan fingerprint density at radius 2 is 1.84 bits per heavy atom. The van der Waals surface area contributed by atoms with Crippen molar-refractivity contribution in [3.05, 3.63) is 54.1 Å². The summed E-state index contributed by atoms with van der Waals surface area (Å²) in [5.41, 5.74) is 0.967. The zero-order valence-corrected chi connectivity index (χ0v) is 18.8. The molecule has 2 unspecified atom stereocenters. The smallest absolute Gasteiger partial charge is 0.404 e. The first kappa shape index (κ1) is 24.5. The summed E-state index contributed by atoms with van der Waals surface area (Å²) >= 11 is 0. The predicted octanol–water partition coefficient (Wildman–Crippen LogP) is 3.46. The van der Waals surface area contributed by atoms with Gasteiger partial charge in [-0.25, -0.2) is 13.2 Å². The molecule has 0 aliphatic rings. The van der Waals surface area contributed by atoms with E-state index in [1.807, 2.05) is 6.92 Å². The highest BCUT2D eigenvalue weighted by Gasteiger charge is 2.28. The second-order valence-corrected chi connectivity index (χ2v) is 9.48. The van der Waals surface area contributed by atoms with E-state index in [-0.39, 0.29) is 34.8 Å². The number of benzene rings is 2. The van der Waals surface area contributed by atoms with Crippen LogP contribution in [0.2, 0.25) is 0 Å². The van der Waals surface area contributed by atoms with Gasteiger partial charge in [0.05, 0.1) is 17.2 Å². The van der Waals surface area contributed by atoms with Crippen molar-refractivity contribution in [2.45, 2.75) is 37.6 Å². The second-order valence-electron chi connectivity index (χ2n) is 7.62. The Hall–Kier alpha value is -2.78. The molecule has 0 aromatic heterocycles. The molecule has 1 amide bonds. The van der Waals surface area contributed by atoms with E-state index in [0.29, 0.717) is 19.4 Å². The average Bonchev–Trinajstić information content (AvgIpc) is 2.71. The number of hydrogen-bond donors (Lipinski definition) is 3. The fourth-order valence-corrected chi connectivity index (χ4v) is 4.89. The van der Waals surface area contributed by atoms with Crippen LogP contribution in [0.25, 0.3) is 0 Å². The Morgan fingerprint density at radius 3 is 2.42 bits per heavy atom. The van der Waals surface area contributed by atoms with Crippen molar-refractivity contribution in [1.82, 2.24) is 5.32 Å². The van der Waals surface area contributed by atoms with Crippen molar-refractivity contribution in [3.8, 4) is 5.75 Å². The van der Waals surface area contributed by atoms with Crippen LogP contribution < -0.4 is 9.62 Å². The lowest BCUT2D eigenvalue weighted by Crippen LogP contribution is -2.36. The summed E-state index contributed by atoms with van der Waals surface area (Å²) in [4.78, 5) is 10.9. The van der Waals surface area contributed by atoms with Crippen LogP contribution in [-0.2, 0) is 21.2 Å². The Labute approximate surface area is 183 Å². The van der Waals surface area contributed by atoms with Crippen molar-refractivity contribution >= 4 is 21.8 Å². The highest BCUT2D eigenvalue weighted by Crippen LogP contribution is 2.33. The van der Waals surface area contributed by atoms with Gasteiger partial charge in [0.15, 0.2) is 0 Å². The number of carboxylic acid groups (broad SMARTS) is 1. The topological polar surface area (TPSA) is 116 Å². The molecule has 0 spiro atoms. The number of amides is 1. The van der Waals surface area contributed by atoms with Crippen molar-refractivity contribution in [3.63, 3.8) is 0 Å². The molecule has 0 aliphatic heterocycles. The third kappa shape index (κ3) is 6.86. The number of aromatic hydroxyl groups is 1. The number of rotatable bonds is 11. The van der Waals surface area contributed by atoms with Crippen molar-refractivity contribution in [1.29, 1.82) is 0 Å². The molecule has 8 nitrogen and oxygen atoms in total. The summed E-state index contributed by atoms with van der Waals surface area (Å²) in [5.74, 6) is -0.258. The lowest BCUT2D eigenvalue weighted by atomic mass is 10.0. The van der Waals surface area contributed by atoms with Gasteiger partial charge < -0.3 is 20.3 Å². The molecule has 2 atom stereocenters. The molecule has 0 saturated carbocycles. The molecule has 2 rings (SSSR count). The largest absolute Gasteiger partial charge is 0.506 e. The number of aryl methyl sites for hydroxylation is 1. The first-order valence-electron chi connectivity index (χ1n) is 10.0. The third-order valence-electron chi connectivity index (χ3n) is 4.80. The first-order chi connectivity index (χ1) is 14.6. The number of ether oxygens (including phenoxy) is 1. The number of phenols is 1. The molecule has 0 saturated heterocycles. The van der Waals surface area contributed by atoms with E-state index in [2.05, 4.69) is 5.32 Å². The second kappa shape index (κ2) is 11.0. The number of hydrogen-bond acceptors (Lipinski definition) is 5. The summed E-state index contributed by atoms with van der Waals surface area (Å²) in [7, 11) is -2.34. The molecule has 170 valence electrons. The van der Waals surface area contributed by atoms with Gasteiger partial charge in [0.1, 0.15) is 5.75 Å². The van der Waals surface area contributed by atoms with Crippen LogP contribution in [-0.4, -0.2) is 51.0 Å². The van der Waals surface area contributed by atoms with Gasteiger partial charge in [-0.15, -0.1) is 0 Å². The fourth-order valence-electron chi connectivity index (χ4n) is 3.27. The molecule has 9 heteroatoms. The van der Waals surface area contributed by atoms with Crippen LogP contribution in [0.1, 0.15) is 25.8 Å². The fraction of sp³-hybridized carbons (Fsp3) is 0.409. The van der Waals surface area contributed by atoms with E-state index in [0.717, 1.165) is 5.56 Å². The quantitative estimate of drug-likeness (QED) is 0.483. The number of sulfonamides is 1. The molecule has 2 aromatic carbocycles. The summed E-state index contributed by atoms with van der Waals surface area (Å²) in [5, 5.41) is 21.8. The van der Waals surface area contributed by atoms with E-state index in [1.165, 1.54) is 22.5 Å². The lowest BCUT2D eigenvalue weighted by Gasteiger charge is -2.28. The van der Waals surface area contributed by atoms with Gasteiger partial charge in [0, 0.05) is 19.7 Å². The van der Waals surface area contributed by atoms with Gasteiger partial charge in [0.25, 0.3) is 10.0 Å². The number of nitrogens with zero attached hydrogens (tertiary/aromatic N) is 1. The predicted molar refractivity (Wildman–Crippen MR) is 119 cm³/mol. The standard InChI is InChI=1S/C22H30N2O6S/c1-16(15-30-3)14-24(31(28,29)19-7-5-4-6-8-19)20-12-11-18(13-21(20)25)10-9-17(2)23-22(26)27/h4-8,11-13,16-17,23,25H,9-10,14-15H2,1-3H3,(H,26,27). The molecule has 31 heavy (non-hydrogen) atoms. The molecule has 3 N–H and O–H groups in total. The molecule has 0 aliphatic carbocycles. The molecule has 2 aromatic rings. The Kier molecular flexibility index (Phi) is 8.70. The van der Waals surface area contributed by atoms with Crippen LogP contribution in [0.15, 0.2) is 53.4 Å². The highest BCUT2D eigenvalue weighted by molar-refractivity contribution is 7.92. The van der Waals surface area contributed by atoms with Gasteiger partial charge in [-0.1, -0.05) is 31.2 Å². The third-order valence-corrected chi connectivity index (χ3v) is 6.60. The maximum Gasteiger partial charge on any atom is 0.404 e. The van der Waals surface area contributed by atoms with Gasteiger partial charge in [-0.2, -0.15) is 0 Å². The van der Waals surface area contributed by atoms with Crippen LogP contribution in [0.3, 0.4) is 0 Å². The number of anilines is 1. The van der Waals surface area contributed by atoms with E-state index < -0.39 is 16.1 Å². The minimum absolute atomic E-state index is 0.106. The Morgan fingerprint density at radius 1 is 1.16 bits per heavy atom. The minimum atomic E-state index is -3.90. The summed E-state index contributed by atoms with van der Waals surface area (Å²) < 4.78 is 33.0. The van der Waals surface area contributed by atoms with E-state index >= 15 is 0 Å². The van der Waals surface area contributed by atoms with E-state index in [9.17, 15) is 18.3 Å². The van der Waals surface area contributed by atoms with Crippen molar-refractivity contribution < 1.29 is 28.2 Å². The van der Waals surface area contributed by atoms with Crippen molar-refractivity contribution in [2.24, 2.45) is 5.92 Å². The van der Waals surface area contributed by atoms with Gasteiger partial charge in [0.2, 0.25) is 0 Å². The number of carbonyl (C=O) groups is 1. The van der Waals surface area contributed by atoms with Gasteiger partial charge >= 0.3 is 6.09 Å². The Bertz CT molecular complexity index is 965. The van der Waals surface area contributed by atoms with Crippen LogP contribution in [0, 0.1) is 5.92 Å². The van der Waals surface area contributed by atoms with Crippen LogP contribution in [0.4, 0.5) is 10.5 Å². The lowest BCUT2D eigenvalue weighted by molar-refractivity contribution is 0.163. The zero-order valence-electron chi connectivity index (χ0n) is 18.0. The molecule has 0 radical (unpaired) electrons. The zero-order chi connectivity index (χ0) is 23.0. The van der Waals surface area contributed by atoms with Gasteiger partial charge in [-0.3, -0.25) is 4.31 Å². The first-order valence-corrected chi connectivity index (χ1v) is 11.5.